The lowest BCUT2D eigenvalue weighted by molar-refractivity contribution is -0.135. The maximum Gasteiger partial charge on any atom is 0.340 e. The SMILES string of the molecule is CCC(C=C1OC(=O)C2=C3c4cc(O)ccc4-c4cccc(c4)CNCCc4cccc(c4)C(NCC(C)O)C4CC(C5CCNC(NCCCC(C)C)C5)(CC=C5OC(=O)C6=C5CCC5C3CCC12C65)CC4CCCO)Cc1ccccc1. The van der Waals surface area contributed by atoms with Crippen LogP contribution < -0.4 is 21.3 Å². The van der Waals surface area contributed by atoms with Gasteiger partial charge >= 0.3 is 11.9 Å². The number of carbonyl (C=O) groups excluding carboxylic acids is 2. The number of cyclic esters (lactones) is 1. The molecule has 11 nitrogen and oxygen atoms in total. The number of phenols is 1. The minimum absolute atomic E-state index is 0.0216. The normalized spacial score (nSPS) is 30.5. The molecule has 12 atom stereocenters. The van der Waals surface area contributed by atoms with Crippen molar-refractivity contribution in [1.82, 2.24) is 21.3 Å². The van der Waals surface area contributed by atoms with Crippen LogP contribution in [0.4, 0.5) is 0 Å². The minimum Gasteiger partial charge on any atom is -0.508 e. The van der Waals surface area contributed by atoms with Crippen molar-refractivity contribution in [2.24, 2.45) is 58.2 Å². The number of piperidine rings is 1. The fraction of sp³-hybridized carbons (Fsp3) is 0.534. The molecule has 84 heavy (non-hydrogen) atoms. The molecular weight excluding hydrogens is 1040 g/mol. The van der Waals surface area contributed by atoms with E-state index in [-0.39, 0.29) is 71.5 Å². The van der Waals surface area contributed by atoms with Gasteiger partial charge in [-0.25, -0.2) is 9.59 Å². The summed E-state index contributed by atoms with van der Waals surface area (Å²) in [6.45, 7) is 12.6. The second-order valence-corrected chi connectivity index (χ2v) is 27.0. The number of hydrogen-bond acceptors (Lipinski definition) is 11. The summed E-state index contributed by atoms with van der Waals surface area (Å²) >= 11 is 0. The number of aliphatic hydroxyl groups excluding tert-OH is 2. The second-order valence-electron chi connectivity index (χ2n) is 27.0. The number of phenolic OH excluding ortho intramolecular Hbond substituents is 1. The van der Waals surface area contributed by atoms with Crippen molar-refractivity contribution in [1.29, 1.82) is 0 Å². The molecule has 7 N–H and O–H groups in total. The van der Waals surface area contributed by atoms with E-state index in [1.165, 1.54) is 23.1 Å². The fourth-order valence-electron chi connectivity index (χ4n) is 17.6. The predicted molar refractivity (Wildman–Crippen MR) is 332 cm³/mol. The van der Waals surface area contributed by atoms with Gasteiger partial charge in [0.15, 0.2) is 0 Å². The molecule has 1 spiro atoms. The zero-order valence-electron chi connectivity index (χ0n) is 50.3. The van der Waals surface area contributed by atoms with Crippen LogP contribution in [0.1, 0.15) is 151 Å². The van der Waals surface area contributed by atoms with Gasteiger partial charge in [-0.2, -0.15) is 0 Å². The number of fused-ring (bicyclic) bond motifs is 5. The first-order valence-electron chi connectivity index (χ1n) is 32.5. The van der Waals surface area contributed by atoms with E-state index in [2.05, 4.69) is 127 Å². The summed E-state index contributed by atoms with van der Waals surface area (Å²) in [6.07, 6.45) is 18.4. The van der Waals surface area contributed by atoms with E-state index in [1.54, 1.807) is 6.07 Å². The average Bonchev–Trinajstić information content (AvgIpc) is 1.37. The highest BCUT2D eigenvalue weighted by Gasteiger charge is 2.69. The molecule has 12 unspecified atom stereocenters. The Kier molecular flexibility index (Phi) is 17.7. The molecule has 4 aromatic rings. The summed E-state index contributed by atoms with van der Waals surface area (Å²) in [6, 6.07) is 33.9. The van der Waals surface area contributed by atoms with Gasteiger partial charge in [0.2, 0.25) is 0 Å². The van der Waals surface area contributed by atoms with Crippen LogP contribution in [0.2, 0.25) is 0 Å². The highest BCUT2D eigenvalue weighted by Crippen LogP contribution is 2.72. The smallest absolute Gasteiger partial charge is 0.340 e. The highest BCUT2D eigenvalue weighted by molar-refractivity contribution is 6.07. The summed E-state index contributed by atoms with van der Waals surface area (Å²) in [7, 11) is 0. The molecule has 4 aromatic carbocycles. The number of esters is 2. The summed E-state index contributed by atoms with van der Waals surface area (Å²) in [5.74, 6) is 2.14. The highest BCUT2D eigenvalue weighted by atomic mass is 16.6. The molecule has 14 bridgehead atoms. The van der Waals surface area contributed by atoms with Crippen LogP contribution in [-0.4, -0.2) is 72.3 Å². The summed E-state index contributed by atoms with van der Waals surface area (Å²) in [5, 5.41) is 48.5. The Labute approximate surface area is 499 Å². The molecule has 2 saturated heterocycles. The van der Waals surface area contributed by atoms with Crippen molar-refractivity contribution in [3.05, 3.63) is 165 Å². The van der Waals surface area contributed by atoms with Gasteiger partial charge in [0.1, 0.15) is 17.3 Å². The van der Waals surface area contributed by atoms with Gasteiger partial charge in [-0.05, 0) is 251 Å². The standard InChI is InChI=1S/C73H92N4O7/c1-5-47(35-48-14-7-6-8-15-48)38-63-73-30-25-57-58-23-24-59-62(83-70(81)66(59)67(58)73)26-29-72(54-28-33-76-64(39-54)75-31-11-13-45(2)3)41-53(20-12-34-78)61(42-72)69(77-43-46(4)79)52-19-9-16-49(36-52)27-32-74-44-50-17-10-18-51(37-50)56-22-21-55(80)40-60(56)65(57)68(73)71(82)84-63/h6-10,14-19,21-22,26,36-38,40,45-47,53-54,57-58,61,64,67,69,74-80H,5,11-13,20,23-25,27-35,39,41-44H2,1-4H3. The third kappa shape index (κ3) is 11.6. The van der Waals surface area contributed by atoms with Crippen LogP contribution in [0.5, 0.6) is 5.75 Å². The number of aliphatic hydroxyl groups is 2. The molecule has 11 heteroatoms. The molecule has 0 aromatic heterocycles. The number of rotatable bonds is 16. The summed E-state index contributed by atoms with van der Waals surface area (Å²) in [5.41, 5.74) is 9.97. The zero-order valence-corrected chi connectivity index (χ0v) is 50.3. The number of benzene rings is 4. The molecule has 0 radical (unpaired) electrons. The van der Waals surface area contributed by atoms with Crippen LogP contribution >= 0.6 is 0 Å². The van der Waals surface area contributed by atoms with E-state index in [0.29, 0.717) is 60.8 Å². The van der Waals surface area contributed by atoms with Gasteiger partial charge in [0.25, 0.3) is 0 Å². The van der Waals surface area contributed by atoms with Crippen molar-refractivity contribution in [3.8, 4) is 16.9 Å². The Balaban J connectivity index is 1.02. The molecular formula is C73H92N4O7. The van der Waals surface area contributed by atoms with Gasteiger partial charge < -0.3 is 46.1 Å². The second kappa shape index (κ2) is 25.4. The molecule has 4 fully saturated rings. The predicted octanol–water partition coefficient (Wildman–Crippen LogP) is 12.6. The van der Waals surface area contributed by atoms with Gasteiger partial charge in [0.05, 0.1) is 23.3 Å². The maximum absolute atomic E-state index is 15.4. The Morgan fingerprint density at radius 1 is 0.821 bits per heavy atom. The van der Waals surface area contributed by atoms with Crippen LogP contribution in [0.15, 0.2) is 137 Å². The van der Waals surface area contributed by atoms with E-state index >= 15 is 9.59 Å². The Hall–Kier alpha value is -5.66. The van der Waals surface area contributed by atoms with E-state index in [0.717, 1.165) is 142 Å². The first kappa shape index (κ1) is 58.7. The van der Waals surface area contributed by atoms with Crippen LogP contribution in [0.3, 0.4) is 0 Å². The lowest BCUT2D eigenvalue weighted by Crippen LogP contribution is -2.52. The number of hydrogen-bond donors (Lipinski definition) is 7. The van der Waals surface area contributed by atoms with Crippen molar-refractivity contribution in [3.63, 3.8) is 0 Å². The van der Waals surface area contributed by atoms with Crippen molar-refractivity contribution < 1.29 is 34.4 Å². The number of nitrogens with one attached hydrogen (secondary N) is 4. The van der Waals surface area contributed by atoms with Crippen molar-refractivity contribution in [2.45, 2.75) is 155 Å². The lowest BCUT2D eigenvalue weighted by Gasteiger charge is -2.56. The van der Waals surface area contributed by atoms with Gasteiger partial charge in [-0.1, -0.05) is 99.6 Å². The largest absolute Gasteiger partial charge is 0.508 e. The van der Waals surface area contributed by atoms with Crippen molar-refractivity contribution >= 4 is 17.5 Å². The van der Waals surface area contributed by atoms with Gasteiger partial charge in [0, 0.05) is 42.8 Å². The Morgan fingerprint density at radius 3 is 2.49 bits per heavy atom. The molecule has 5 aliphatic heterocycles. The zero-order chi connectivity index (χ0) is 58.1. The van der Waals surface area contributed by atoms with Gasteiger partial charge in [-0.3, -0.25) is 0 Å². The number of carbonyl (C=O) groups is 2. The number of ether oxygens (including phenoxy) is 2. The monoisotopic (exact) mass is 1140 g/mol. The number of aromatic hydroxyl groups is 1. The minimum atomic E-state index is -0.914. The van der Waals surface area contributed by atoms with E-state index in [4.69, 9.17) is 9.47 Å². The molecule has 2 saturated carbocycles. The first-order valence-corrected chi connectivity index (χ1v) is 32.5. The average molecular weight is 1140 g/mol. The van der Waals surface area contributed by atoms with E-state index < -0.39 is 11.5 Å². The van der Waals surface area contributed by atoms with Gasteiger partial charge in [-0.15, -0.1) is 0 Å². The third-order valence-electron chi connectivity index (χ3n) is 21.4. The molecule has 446 valence electrons. The topological polar surface area (TPSA) is 161 Å². The molecule has 14 rings (SSSR count). The first-order chi connectivity index (χ1) is 40.9. The third-order valence-corrected chi connectivity index (χ3v) is 21.4. The fourth-order valence-corrected chi connectivity index (χ4v) is 17.6. The maximum atomic E-state index is 15.4. The molecule has 5 heterocycles. The molecule has 10 aliphatic rings. The quantitative estimate of drug-likeness (QED) is 0.0422. The summed E-state index contributed by atoms with van der Waals surface area (Å²) < 4.78 is 13.6. The van der Waals surface area contributed by atoms with Crippen LogP contribution in [0, 0.1) is 58.2 Å². The molecule has 0 amide bonds. The van der Waals surface area contributed by atoms with Crippen molar-refractivity contribution in [2.75, 3.05) is 32.8 Å². The Bertz CT molecular complexity index is 3180. The molecule has 5 aliphatic carbocycles. The van der Waals surface area contributed by atoms with E-state index in [1.807, 2.05) is 25.1 Å². The lowest BCUT2D eigenvalue weighted by atomic mass is 9.44. The van der Waals surface area contributed by atoms with Crippen LogP contribution in [-0.2, 0) is 38.4 Å². The Morgan fingerprint density at radius 2 is 1.67 bits per heavy atom. The summed E-state index contributed by atoms with van der Waals surface area (Å²) in [4.78, 5) is 30.8. The van der Waals surface area contributed by atoms with Crippen LogP contribution in [0.25, 0.3) is 16.7 Å². The number of allylic oxidation sites excluding steroid dienone is 5. The van der Waals surface area contributed by atoms with E-state index in [9.17, 15) is 15.3 Å².